The van der Waals surface area contributed by atoms with Crippen LogP contribution in [0.1, 0.15) is 35.0 Å². The molecule has 1 rings (SSSR count). The molecule has 0 radical (unpaired) electrons. The van der Waals surface area contributed by atoms with Crippen LogP contribution in [0.25, 0.3) is 0 Å². The van der Waals surface area contributed by atoms with Crippen LogP contribution in [0.3, 0.4) is 0 Å². The van der Waals surface area contributed by atoms with E-state index in [1.54, 1.807) is 0 Å². The Morgan fingerprint density at radius 3 is 2.36 bits per heavy atom. The van der Waals surface area contributed by atoms with Gasteiger partial charge in [0.05, 0.1) is 0 Å². The first-order valence-electron chi connectivity index (χ1n) is 4.04. The predicted molar refractivity (Wildman–Crippen MR) is 45.0 cm³/mol. The van der Waals surface area contributed by atoms with Crippen molar-refractivity contribution in [3.63, 3.8) is 0 Å². The first kappa shape index (κ1) is 10.1. The number of piperidine rings is 1. The first-order valence-corrected chi connectivity index (χ1v) is 4.04. The van der Waals surface area contributed by atoms with E-state index in [4.69, 9.17) is 0 Å². The van der Waals surface area contributed by atoms with Gasteiger partial charge in [-0.05, 0) is 6.42 Å². The first-order chi connectivity index (χ1) is 5.20. The van der Waals surface area contributed by atoms with Gasteiger partial charge in [0, 0.05) is 13.8 Å². The molecule has 0 aromatic rings. The zero-order valence-electron chi connectivity index (χ0n) is 7.31. The van der Waals surface area contributed by atoms with E-state index in [0.717, 1.165) is 0 Å². The van der Waals surface area contributed by atoms with Crippen LogP contribution < -0.4 is 5.32 Å². The van der Waals surface area contributed by atoms with Crippen molar-refractivity contribution in [2.75, 3.05) is 0 Å². The van der Waals surface area contributed by atoms with Crippen molar-refractivity contribution < 1.29 is 11.0 Å². The highest BCUT2D eigenvalue weighted by molar-refractivity contribution is 5.98. The molecule has 11 heavy (non-hydrogen) atoms. The van der Waals surface area contributed by atoms with Gasteiger partial charge in [-0.3, -0.25) is 14.9 Å². The molecule has 0 aromatic heterocycles. The van der Waals surface area contributed by atoms with Crippen LogP contribution in [-0.2, 0) is 9.59 Å². The highest BCUT2D eigenvalue weighted by Crippen LogP contribution is 2.09. The van der Waals surface area contributed by atoms with Crippen LogP contribution in [0, 0.1) is 5.92 Å². The minimum Gasteiger partial charge on any atom is -0.296 e. The van der Waals surface area contributed by atoms with Gasteiger partial charge in [-0.1, -0.05) is 20.8 Å². The molecule has 1 fully saturated rings. The number of amides is 2. The van der Waals surface area contributed by atoms with E-state index in [9.17, 15) is 9.59 Å². The summed E-state index contributed by atoms with van der Waals surface area (Å²) in [5, 5.41) is 2.25. The molecule has 1 N–H and O–H groups in total. The number of nitrogens with one attached hydrogen (secondary N) is 1. The van der Waals surface area contributed by atoms with Crippen LogP contribution in [0.15, 0.2) is 0 Å². The fourth-order valence-electron chi connectivity index (χ4n) is 0.802. The summed E-state index contributed by atoms with van der Waals surface area (Å²) in [4.78, 5) is 21.2. The standard InChI is InChI=1S/C6H9NO2.C2H6.H2/c1-4-2-3-5(8)7-6(4)9;1-2;/h4H,2-3H2,1H3,(H,7,8,9);1-2H3;1H. The van der Waals surface area contributed by atoms with Gasteiger partial charge in [-0.25, -0.2) is 0 Å². The van der Waals surface area contributed by atoms with E-state index in [-0.39, 0.29) is 19.2 Å². The van der Waals surface area contributed by atoms with Crippen molar-refractivity contribution in [3.05, 3.63) is 0 Å². The molecule has 1 heterocycles. The molecule has 0 aliphatic carbocycles. The molecule has 1 saturated heterocycles. The van der Waals surface area contributed by atoms with E-state index in [1.807, 2.05) is 20.8 Å². The van der Waals surface area contributed by atoms with Crippen LogP contribution in [0.4, 0.5) is 0 Å². The maximum absolute atomic E-state index is 10.7. The summed E-state index contributed by atoms with van der Waals surface area (Å²) in [6.45, 7) is 5.82. The van der Waals surface area contributed by atoms with Gasteiger partial charge in [-0.15, -0.1) is 0 Å². The Kier molecular flexibility index (Phi) is 4.50. The Labute approximate surface area is 68.7 Å². The third-order valence-corrected chi connectivity index (χ3v) is 1.51. The van der Waals surface area contributed by atoms with E-state index >= 15 is 0 Å². The summed E-state index contributed by atoms with van der Waals surface area (Å²) in [6.07, 6.45) is 1.19. The molecule has 0 bridgehead atoms. The van der Waals surface area contributed by atoms with Gasteiger partial charge in [0.2, 0.25) is 11.8 Å². The second kappa shape index (κ2) is 4.88. The average molecular weight is 159 g/mol. The lowest BCUT2D eigenvalue weighted by Crippen LogP contribution is -2.39. The van der Waals surface area contributed by atoms with Crippen LogP contribution in [0.2, 0.25) is 0 Å². The Balaban J connectivity index is 0. The smallest absolute Gasteiger partial charge is 0.229 e. The molecule has 1 unspecified atom stereocenters. The van der Waals surface area contributed by atoms with E-state index in [2.05, 4.69) is 5.32 Å². The van der Waals surface area contributed by atoms with Crippen molar-refractivity contribution in [2.24, 2.45) is 5.92 Å². The molecule has 3 heteroatoms. The van der Waals surface area contributed by atoms with E-state index < -0.39 is 0 Å². The van der Waals surface area contributed by atoms with Crippen molar-refractivity contribution in [2.45, 2.75) is 33.6 Å². The van der Waals surface area contributed by atoms with Gasteiger partial charge in [0.15, 0.2) is 0 Å². The maximum atomic E-state index is 10.7. The Morgan fingerprint density at radius 1 is 1.45 bits per heavy atom. The monoisotopic (exact) mass is 159 g/mol. The summed E-state index contributed by atoms with van der Waals surface area (Å²) in [5.74, 6) is -0.257. The number of rotatable bonds is 0. The van der Waals surface area contributed by atoms with Crippen molar-refractivity contribution in [1.82, 2.24) is 5.32 Å². The minimum atomic E-state index is -0.141. The Bertz CT molecular complexity index is 159. The molecular weight excluding hydrogens is 142 g/mol. The number of carbonyl (C=O) groups excluding carboxylic acids is 2. The molecule has 1 aliphatic heterocycles. The molecule has 0 spiro atoms. The molecule has 3 nitrogen and oxygen atoms in total. The molecule has 2 amide bonds. The highest BCUT2D eigenvalue weighted by atomic mass is 16.2. The summed E-state index contributed by atoms with van der Waals surface area (Å²) < 4.78 is 0. The van der Waals surface area contributed by atoms with Gasteiger partial charge in [-0.2, -0.15) is 0 Å². The summed E-state index contributed by atoms with van der Waals surface area (Å²) >= 11 is 0. The van der Waals surface area contributed by atoms with Crippen molar-refractivity contribution in [3.8, 4) is 0 Å². The molecule has 1 aliphatic rings. The lowest BCUT2D eigenvalue weighted by Gasteiger charge is -2.15. The topological polar surface area (TPSA) is 46.2 Å². The number of imide groups is 1. The summed E-state index contributed by atoms with van der Waals surface area (Å²) in [7, 11) is 0. The van der Waals surface area contributed by atoms with Crippen LogP contribution in [0.5, 0.6) is 0 Å². The fourth-order valence-corrected chi connectivity index (χ4v) is 0.802. The number of hydrogen-bond donors (Lipinski definition) is 1. The van der Waals surface area contributed by atoms with E-state index in [1.165, 1.54) is 0 Å². The number of carbonyl (C=O) groups is 2. The van der Waals surface area contributed by atoms with E-state index in [0.29, 0.717) is 12.8 Å². The lowest BCUT2D eigenvalue weighted by molar-refractivity contribution is -0.135. The Hall–Kier alpha value is -0.860. The zero-order chi connectivity index (χ0) is 8.85. The Morgan fingerprint density at radius 2 is 2.00 bits per heavy atom. The third-order valence-electron chi connectivity index (χ3n) is 1.51. The fraction of sp³-hybridized carbons (Fsp3) is 0.750. The molecule has 0 aromatic carbocycles. The molecule has 66 valence electrons. The summed E-state index contributed by atoms with van der Waals surface area (Å²) in [6, 6.07) is 0. The SMILES string of the molecule is CC.CC1CCC(=O)NC1=O.[HH]. The largest absolute Gasteiger partial charge is 0.296 e. The minimum absolute atomic E-state index is 0. The average Bonchev–Trinajstić information content (AvgIpc) is 2.02. The van der Waals surface area contributed by atoms with Crippen molar-refractivity contribution in [1.29, 1.82) is 0 Å². The quantitative estimate of drug-likeness (QED) is 0.542. The third kappa shape index (κ3) is 3.16. The lowest BCUT2D eigenvalue weighted by atomic mass is 10.0. The highest BCUT2D eigenvalue weighted by Gasteiger charge is 2.21. The zero-order valence-corrected chi connectivity index (χ0v) is 7.31. The van der Waals surface area contributed by atoms with Crippen LogP contribution in [-0.4, -0.2) is 11.8 Å². The predicted octanol–water partition coefficient (Wildman–Crippen LogP) is 1.33. The van der Waals surface area contributed by atoms with Gasteiger partial charge in [0.25, 0.3) is 0 Å². The second-order valence-corrected chi connectivity index (χ2v) is 2.35. The molecule has 1 atom stereocenters. The van der Waals surface area contributed by atoms with Gasteiger partial charge in [0.1, 0.15) is 0 Å². The van der Waals surface area contributed by atoms with Crippen LogP contribution >= 0.6 is 0 Å². The molecule has 0 saturated carbocycles. The number of hydrogen-bond acceptors (Lipinski definition) is 2. The normalized spacial score (nSPS) is 23.4. The molecular formula is C8H17NO2. The summed E-state index contributed by atoms with van der Waals surface area (Å²) in [5.41, 5.74) is 0. The van der Waals surface area contributed by atoms with Crippen molar-refractivity contribution >= 4 is 11.8 Å². The van der Waals surface area contributed by atoms with Gasteiger partial charge >= 0.3 is 0 Å². The van der Waals surface area contributed by atoms with Gasteiger partial charge < -0.3 is 0 Å². The maximum Gasteiger partial charge on any atom is 0.229 e. The second-order valence-electron chi connectivity index (χ2n) is 2.35.